The van der Waals surface area contributed by atoms with Crippen LogP contribution in [0.4, 0.5) is 8.78 Å². The van der Waals surface area contributed by atoms with E-state index >= 15 is 0 Å². The predicted octanol–water partition coefficient (Wildman–Crippen LogP) is 2.99. The summed E-state index contributed by atoms with van der Waals surface area (Å²) >= 11 is 3.99. The zero-order valence-electron chi connectivity index (χ0n) is 10.3. The molecular formula is C13H13F2NO2S. The van der Waals surface area contributed by atoms with Crippen molar-refractivity contribution >= 4 is 29.5 Å². The van der Waals surface area contributed by atoms with E-state index < -0.39 is 11.6 Å². The number of fused-ring (bicyclic) bond motifs is 1. The Kier molecular flexibility index (Phi) is 4.09. The number of halogens is 2. The first kappa shape index (κ1) is 13.9. The zero-order valence-corrected chi connectivity index (χ0v) is 11.2. The van der Waals surface area contributed by atoms with Crippen molar-refractivity contribution in [2.45, 2.75) is 13.0 Å². The SMILES string of the molecule is CN(Cc1coc2cc(F)cc(F)c12)C(=O)CCS. The van der Waals surface area contributed by atoms with Gasteiger partial charge < -0.3 is 9.32 Å². The maximum atomic E-state index is 13.7. The molecule has 0 radical (unpaired) electrons. The maximum absolute atomic E-state index is 13.7. The van der Waals surface area contributed by atoms with E-state index in [4.69, 9.17) is 4.42 Å². The first-order chi connectivity index (χ1) is 9.02. The van der Waals surface area contributed by atoms with E-state index in [-0.39, 0.29) is 23.4 Å². The molecule has 102 valence electrons. The summed E-state index contributed by atoms with van der Waals surface area (Å²) in [6.07, 6.45) is 1.66. The van der Waals surface area contributed by atoms with Gasteiger partial charge in [-0.3, -0.25) is 4.79 Å². The summed E-state index contributed by atoms with van der Waals surface area (Å²) in [6, 6.07) is 1.92. The molecule has 2 aromatic rings. The van der Waals surface area contributed by atoms with Gasteiger partial charge in [0.25, 0.3) is 0 Å². The molecule has 0 saturated carbocycles. The molecule has 0 N–H and O–H groups in total. The largest absolute Gasteiger partial charge is 0.464 e. The maximum Gasteiger partial charge on any atom is 0.223 e. The number of carbonyl (C=O) groups is 1. The van der Waals surface area contributed by atoms with Crippen molar-refractivity contribution in [3.63, 3.8) is 0 Å². The third-order valence-corrected chi connectivity index (χ3v) is 3.05. The summed E-state index contributed by atoms with van der Waals surface area (Å²) in [7, 11) is 1.62. The van der Waals surface area contributed by atoms with E-state index in [0.29, 0.717) is 17.7 Å². The molecule has 19 heavy (non-hydrogen) atoms. The normalized spacial score (nSPS) is 10.9. The summed E-state index contributed by atoms with van der Waals surface area (Å²) in [6.45, 7) is 0.210. The Balaban J connectivity index is 2.29. The first-order valence-corrected chi connectivity index (χ1v) is 6.36. The number of thiol groups is 1. The third kappa shape index (κ3) is 2.89. The van der Waals surface area contributed by atoms with E-state index in [0.717, 1.165) is 12.1 Å². The summed E-state index contributed by atoms with van der Waals surface area (Å²) in [4.78, 5) is 13.1. The van der Waals surface area contributed by atoms with E-state index in [1.165, 1.54) is 11.2 Å². The number of rotatable bonds is 4. The van der Waals surface area contributed by atoms with Gasteiger partial charge in [0.1, 0.15) is 17.2 Å². The van der Waals surface area contributed by atoms with Gasteiger partial charge in [0.2, 0.25) is 5.91 Å². The smallest absolute Gasteiger partial charge is 0.223 e. The molecule has 0 fully saturated rings. The highest BCUT2D eigenvalue weighted by Crippen LogP contribution is 2.26. The minimum atomic E-state index is -0.689. The van der Waals surface area contributed by atoms with Crippen LogP contribution in [-0.2, 0) is 11.3 Å². The van der Waals surface area contributed by atoms with Crippen LogP contribution < -0.4 is 0 Å². The van der Waals surface area contributed by atoms with Crippen molar-refractivity contribution in [2.75, 3.05) is 12.8 Å². The highest BCUT2D eigenvalue weighted by atomic mass is 32.1. The average molecular weight is 285 g/mol. The van der Waals surface area contributed by atoms with Crippen LogP contribution in [0, 0.1) is 11.6 Å². The molecule has 1 aromatic carbocycles. The number of hydrogen-bond donors (Lipinski definition) is 1. The minimum Gasteiger partial charge on any atom is -0.464 e. The van der Waals surface area contributed by atoms with Gasteiger partial charge in [-0.05, 0) is 5.75 Å². The van der Waals surface area contributed by atoms with Gasteiger partial charge in [-0.2, -0.15) is 12.6 Å². The average Bonchev–Trinajstić information content (AvgIpc) is 2.72. The molecule has 0 aliphatic rings. The quantitative estimate of drug-likeness (QED) is 0.876. The van der Waals surface area contributed by atoms with Gasteiger partial charge >= 0.3 is 0 Å². The van der Waals surface area contributed by atoms with Crippen LogP contribution in [-0.4, -0.2) is 23.6 Å². The Morgan fingerprint density at radius 2 is 2.16 bits per heavy atom. The Labute approximate surface area is 114 Å². The fraction of sp³-hybridized carbons (Fsp3) is 0.308. The number of amides is 1. The number of carbonyl (C=O) groups excluding carboxylic acids is 1. The number of nitrogens with zero attached hydrogens (tertiary/aromatic N) is 1. The van der Waals surface area contributed by atoms with Gasteiger partial charge in [0, 0.05) is 37.7 Å². The number of benzene rings is 1. The van der Waals surface area contributed by atoms with Crippen LogP contribution >= 0.6 is 12.6 Å². The lowest BCUT2D eigenvalue weighted by molar-refractivity contribution is -0.129. The Bertz CT molecular complexity index is 612. The molecule has 3 nitrogen and oxygen atoms in total. The lowest BCUT2D eigenvalue weighted by atomic mass is 10.1. The monoisotopic (exact) mass is 285 g/mol. The Morgan fingerprint density at radius 3 is 2.84 bits per heavy atom. The Hall–Kier alpha value is -1.56. The van der Waals surface area contributed by atoms with Crippen LogP contribution in [0.15, 0.2) is 22.8 Å². The lowest BCUT2D eigenvalue weighted by Gasteiger charge is -2.15. The highest BCUT2D eigenvalue weighted by molar-refractivity contribution is 7.80. The molecule has 0 bridgehead atoms. The van der Waals surface area contributed by atoms with Crippen LogP contribution in [0.2, 0.25) is 0 Å². The Morgan fingerprint density at radius 1 is 1.42 bits per heavy atom. The van der Waals surface area contributed by atoms with E-state index in [9.17, 15) is 13.6 Å². The molecule has 0 atom stereocenters. The summed E-state index contributed by atoms with van der Waals surface area (Å²) < 4.78 is 31.9. The van der Waals surface area contributed by atoms with Crippen molar-refractivity contribution in [3.05, 3.63) is 35.6 Å². The summed E-state index contributed by atoms with van der Waals surface area (Å²) in [5, 5.41) is 0.215. The molecule has 2 rings (SSSR count). The van der Waals surface area contributed by atoms with E-state index in [1.807, 2.05) is 0 Å². The number of furan rings is 1. The highest BCUT2D eigenvalue weighted by Gasteiger charge is 2.16. The predicted molar refractivity (Wildman–Crippen MR) is 71.1 cm³/mol. The molecule has 0 spiro atoms. The zero-order chi connectivity index (χ0) is 14.0. The first-order valence-electron chi connectivity index (χ1n) is 5.73. The van der Waals surface area contributed by atoms with Crippen molar-refractivity contribution in [3.8, 4) is 0 Å². The molecule has 6 heteroatoms. The minimum absolute atomic E-state index is 0.0909. The molecule has 1 aromatic heterocycles. The van der Waals surface area contributed by atoms with Gasteiger partial charge in [-0.15, -0.1) is 0 Å². The van der Waals surface area contributed by atoms with Crippen LogP contribution in [0.1, 0.15) is 12.0 Å². The second-order valence-corrected chi connectivity index (χ2v) is 4.69. The lowest BCUT2D eigenvalue weighted by Crippen LogP contribution is -2.26. The summed E-state index contributed by atoms with van der Waals surface area (Å²) in [5.41, 5.74) is 0.657. The van der Waals surface area contributed by atoms with Crippen LogP contribution in [0.3, 0.4) is 0 Å². The van der Waals surface area contributed by atoms with Gasteiger partial charge in [-0.1, -0.05) is 0 Å². The van der Waals surface area contributed by atoms with Crippen LogP contribution in [0.5, 0.6) is 0 Å². The number of hydrogen-bond acceptors (Lipinski definition) is 3. The molecule has 0 aliphatic heterocycles. The molecule has 0 unspecified atom stereocenters. The fourth-order valence-corrected chi connectivity index (χ4v) is 2.09. The van der Waals surface area contributed by atoms with Crippen molar-refractivity contribution in [1.82, 2.24) is 4.90 Å². The second kappa shape index (κ2) is 5.61. The molecule has 1 heterocycles. The molecule has 0 saturated heterocycles. The fourth-order valence-electron chi connectivity index (χ4n) is 1.89. The van der Waals surface area contributed by atoms with Crippen molar-refractivity contribution < 1.29 is 18.0 Å². The van der Waals surface area contributed by atoms with Gasteiger partial charge in [0.15, 0.2) is 0 Å². The third-order valence-electron chi connectivity index (χ3n) is 2.83. The molecule has 1 amide bonds. The topological polar surface area (TPSA) is 33.5 Å². The second-order valence-electron chi connectivity index (χ2n) is 4.25. The molecule has 0 aliphatic carbocycles. The van der Waals surface area contributed by atoms with E-state index in [1.54, 1.807) is 7.05 Å². The van der Waals surface area contributed by atoms with Crippen molar-refractivity contribution in [1.29, 1.82) is 0 Å². The van der Waals surface area contributed by atoms with Crippen LogP contribution in [0.25, 0.3) is 11.0 Å². The molecular weight excluding hydrogens is 272 g/mol. The van der Waals surface area contributed by atoms with E-state index in [2.05, 4.69) is 12.6 Å². The van der Waals surface area contributed by atoms with Crippen molar-refractivity contribution in [2.24, 2.45) is 0 Å². The summed E-state index contributed by atoms with van der Waals surface area (Å²) in [5.74, 6) is -1.01. The van der Waals surface area contributed by atoms with Gasteiger partial charge in [-0.25, -0.2) is 8.78 Å². The van der Waals surface area contributed by atoms with Gasteiger partial charge in [0.05, 0.1) is 11.6 Å². The standard InChI is InChI=1S/C13H13F2NO2S/c1-16(12(17)2-3-19)6-8-7-18-11-5-9(14)4-10(15)13(8)11/h4-5,7,19H,2-3,6H2,1H3.